The van der Waals surface area contributed by atoms with E-state index in [9.17, 15) is 9.59 Å². The normalized spacial score (nSPS) is 17.3. The van der Waals surface area contributed by atoms with Crippen molar-refractivity contribution in [2.75, 3.05) is 11.4 Å². The highest BCUT2D eigenvalue weighted by Crippen LogP contribution is 2.21. The van der Waals surface area contributed by atoms with E-state index in [0.717, 1.165) is 16.8 Å². The van der Waals surface area contributed by atoms with E-state index in [1.807, 2.05) is 61.5 Å². The second-order valence-corrected chi connectivity index (χ2v) is 5.91. The maximum atomic E-state index is 12.2. The molecular weight excluding hydrogens is 288 g/mol. The van der Waals surface area contributed by atoms with E-state index < -0.39 is 0 Å². The molecule has 4 nitrogen and oxygen atoms in total. The Hall–Kier alpha value is -2.62. The number of amides is 2. The lowest BCUT2D eigenvalue weighted by Gasteiger charge is -2.17. The van der Waals surface area contributed by atoms with Gasteiger partial charge in [-0.2, -0.15) is 0 Å². The Labute approximate surface area is 136 Å². The van der Waals surface area contributed by atoms with Crippen LogP contribution in [-0.2, 0) is 16.0 Å². The van der Waals surface area contributed by atoms with Crippen molar-refractivity contribution in [2.24, 2.45) is 0 Å². The van der Waals surface area contributed by atoms with E-state index in [0.29, 0.717) is 19.4 Å². The summed E-state index contributed by atoms with van der Waals surface area (Å²) in [6.07, 6.45) is 0.705. The van der Waals surface area contributed by atoms with Gasteiger partial charge < -0.3 is 10.2 Å². The molecule has 0 bridgehead atoms. The van der Waals surface area contributed by atoms with Gasteiger partial charge in [-0.1, -0.05) is 42.5 Å². The molecule has 1 aliphatic heterocycles. The van der Waals surface area contributed by atoms with Crippen molar-refractivity contribution in [2.45, 2.75) is 25.8 Å². The minimum absolute atomic E-state index is 0.0352. The fraction of sp³-hybridized carbons (Fsp3) is 0.263. The molecule has 1 heterocycles. The number of para-hydroxylation sites is 1. The fourth-order valence-electron chi connectivity index (χ4n) is 2.92. The topological polar surface area (TPSA) is 49.4 Å². The summed E-state index contributed by atoms with van der Waals surface area (Å²) in [4.78, 5) is 26.1. The molecular formula is C19H20N2O2. The first kappa shape index (κ1) is 15.3. The predicted octanol–water partition coefficient (Wildman–Crippen LogP) is 2.46. The molecule has 0 aliphatic carbocycles. The number of anilines is 1. The fourth-order valence-corrected chi connectivity index (χ4v) is 2.92. The van der Waals surface area contributed by atoms with Crippen LogP contribution in [0.25, 0.3) is 0 Å². The van der Waals surface area contributed by atoms with E-state index in [-0.39, 0.29) is 17.9 Å². The summed E-state index contributed by atoms with van der Waals surface area (Å²) in [5.74, 6) is 0.0180. The molecule has 0 aromatic heterocycles. The number of carbonyl (C=O) groups excluding carboxylic acids is 2. The Morgan fingerprint density at radius 2 is 1.83 bits per heavy atom. The van der Waals surface area contributed by atoms with Gasteiger partial charge in [0.1, 0.15) is 0 Å². The Bertz CT molecular complexity index is 712. The van der Waals surface area contributed by atoms with Gasteiger partial charge in [-0.3, -0.25) is 9.59 Å². The van der Waals surface area contributed by atoms with Crippen molar-refractivity contribution >= 4 is 17.5 Å². The molecule has 1 saturated heterocycles. The van der Waals surface area contributed by atoms with Crippen LogP contribution >= 0.6 is 0 Å². The van der Waals surface area contributed by atoms with Crippen molar-refractivity contribution in [1.82, 2.24) is 5.32 Å². The summed E-state index contributed by atoms with van der Waals surface area (Å²) in [5.41, 5.74) is 3.01. The standard InChI is InChI=1S/C19H20N2O2/c1-14-7-5-6-8-15(14)11-18(22)20-16-12-19(23)21(13-16)17-9-3-2-4-10-17/h2-10,16H,11-13H2,1H3,(H,20,22). The molecule has 0 saturated carbocycles. The second-order valence-electron chi connectivity index (χ2n) is 5.91. The molecule has 2 aromatic rings. The number of benzene rings is 2. The third-order valence-electron chi connectivity index (χ3n) is 4.17. The van der Waals surface area contributed by atoms with E-state index in [1.54, 1.807) is 4.90 Å². The Morgan fingerprint density at radius 1 is 1.13 bits per heavy atom. The van der Waals surface area contributed by atoms with E-state index in [2.05, 4.69) is 5.32 Å². The van der Waals surface area contributed by atoms with Gasteiger partial charge >= 0.3 is 0 Å². The summed E-state index contributed by atoms with van der Waals surface area (Å²) >= 11 is 0. The summed E-state index contributed by atoms with van der Waals surface area (Å²) in [5, 5.41) is 2.98. The van der Waals surface area contributed by atoms with Crippen LogP contribution in [0.15, 0.2) is 54.6 Å². The van der Waals surface area contributed by atoms with Crippen LogP contribution in [0.4, 0.5) is 5.69 Å². The van der Waals surface area contributed by atoms with Crippen LogP contribution in [-0.4, -0.2) is 24.4 Å². The van der Waals surface area contributed by atoms with Crippen LogP contribution in [0, 0.1) is 6.92 Å². The zero-order valence-corrected chi connectivity index (χ0v) is 13.2. The maximum Gasteiger partial charge on any atom is 0.229 e. The van der Waals surface area contributed by atoms with E-state index >= 15 is 0 Å². The van der Waals surface area contributed by atoms with Crippen LogP contribution in [0.1, 0.15) is 17.5 Å². The molecule has 1 unspecified atom stereocenters. The van der Waals surface area contributed by atoms with Gasteiger partial charge in [-0.25, -0.2) is 0 Å². The van der Waals surface area contributed by atoms with Crippen LogP contribution in [0.3, 0.4) is 0 Å². The third kappa shape index (κ3) is 3.59. The second kappa shape index (κ2) is 6.65. The number of hydrogen-bond donors (Lipinski definition) is 1. The van der Waals surface area contributed by atoms with Crippen molar-refractivity contribution in [3.05, 3.63) is 65.7 Å². The monoisotopic (exact) mass is 308 g/mol. The molecule has 1 fully saturated rings. The average molecular weight is 308 g/mol. The smallest absolute Gasteiger partial charge is 0.229 e. The van der Waals surface area contributed by atoms with E-state index in [1.165, 1.54) is 0 Å². The molecule has 0 radical (unpaired) electrons. The lowest BCUT2D eigenvalue weighted by atomic mass is 10.1. The largest absolute Gasteiger partial charge is 0.351 e. The van der Waals surface area contributed by atoms with Crippen molar-refractivity contribution < 1.29 is 9.59 Å². The zero-order chi connectivity index (χ0) is 16.2. The van der Waals surface area contributed by atoms with Crippen molar-refractivity contribution in [3.63, 3.8) is 0 Å². The van der Waals surface area contributed by atoms with Gasteiger partial charge in [0.05, 0.1) is 12.5 Å². The Kier molecular flexibility index (Phi) is 4.42. The van der Waals surface area contributed by atoms with Crippen LogP contribution < -0.4 is 10.2 Å². The summed E-state index contributed by atoms with van der Waals surface area (Å²) in [6, 6.07) is 17.3. The zero-order valence-electron chi connectivity index (χ0n) is 13.2. The van der Waals surface area contributed by atoms with Gasteiger partial charge in [0, 0.05) is 18.7 Å². The van der Waals surface area contributed by atoms with Gasteiger partial charge in [-0.15, -0.1) is 0 Å². The van der Waals surface area contributed by atoms with Crippen molar-refractivity contribution in [1.29, 1.82) is 0 Å². The molecule has 4 heteroatoms. The lowest BCUT2D eigenvalue weighted by molar-refractivity contribution is -0.121. The first-order chi connectivity index (χ1) is 11.1. The van der Waals surface area contributed by atoms with Gasteiger partial charge in [0.25, 0.3) is 0 Å². The number of aryl methyl sites for hydroxylation is 1. The van der Waals surface area contributed by atoms with E-state index in [4.69, 9.17) is 0 Å². The minimum Gasteiger partial charge on any atom is -0.351 e. The highest BCUT2D eigenvalue weighted by atomic mass is 16.2. The Balaban J connectivity index is 1.60. The molecule has 1 atom stereocenters. The summed E-state index contributed by atoms with van der Waals surface area (Å²) in [7, 11) is 0. The highest BCUT2D eigenvalue weighted by Gasteiger charge is 2.31. The van der Waals surface area contributed by atoms with Gasteiger partial charge in [0.2, 0.25) is 11.8 Å². The first-order valence-electron chi connectivity index (χ1n) is 7.83. The molecule has 1 aliphatic rings. The quantitative estimate of drug-likeness (QED) is 0.943. The molecule has 23 heavy (non-hydrogen) atoms. The molecule has 2 aromatic carbocycles. The predicted molar refractivity (Wildman–Crippen MR) is 90.2 cm³/mol. The number of hydrogen-bond acceptors (Lipinski definition) is 2. The molecule has 1 N–H and O–H groups in total. The number of rotatable bonds is 4. The SMILES string of the molecule is Cc1ccccc1CC(=O)NC1CC(=O)N(c2ccccc2)C1. The average Bonchev–Trinajstić information content (AvgIpc) is 2.91. The number of nitrogens with one attached hydrogen (secondary N) is 1. The number of carbonyl (C=O) groups is 2. The molecule has 0 spiro atoms. The highest BCUT2D eigenvalue weighted by molar-refractivity contribution is 5.96. The van der Waals surface area contributed by atoms with Crippen LogP contribution in [0.5, 0.6) is 0 Å². The Morgan fingerprint density at radius 3 is 2.57 bits per heavy atom. The number of nitrogens with zero attached hydrogens (tertiary/aromatic N) is 1. The molecule has 118 valence electrons. The van der Waals surface area contributed by atoms with Gasteiger partial charge in [0.15, 0.2) is 0 Å². The van der Waals surface area contributed by atoms with Crippen LogP contribution in [0.2, 0.25) is 0 Å². The third-order valence-corrected chi connectivity index (χ3v) is 4.17. The minimum atomic E-state index is -0.126. The summed E-state index contributed by atoms with van der Waals surface area (Å²) < 4.78 is 0. The lowest BCUT2D eigenvalue weighted by Crippen LogP contribution is -2.38. The van der Waals surface area contributed by atoms with Gasteiger partial charge in [-0.05, 0) is 30.2 Å². The first-order valence-corrected chi connectivity index (χ1v) is 7.83. The molecule has 3 rings (SSSR count). The maximum absolute atomic E-state index is 12.2. The summed E-state index contributed by atoms with van der Waals surface area (Å²) in [6.45, 7) is 2.53. The molecule has 2 amide bonds. The van der Waals surface area contributed by atoms with Crippen molar-refractivity contribution in [3.8, 4) is 0 Å².